The van der Waals surface area contributed by atoms with Gasteiger partial charge in [0.15, 0.2) is 0 Å². The maximum Gasteiger partial charge on any atom is 0.319 e. The van der Waals surface area contributed by atoms with Crippen molar-refractivity contribution < 1.29 is 19.0 Å². The number of hydrogen-bond donors (Lipinski definition) is 1. The maximum absolute atomic E-state index is 12.1. The normalized spacial score (nSPS) is 14.0. The molecule has 0 aliphatic carbocycles. The van der Waals surface area contributed by atoms with Crippen molar-refractivity contribution >= 4 is 34.1 Å². The number of nitro benzene ring substituents is 1. The lowest BCUT2D eigenvalue weighted by atomic mass is 10.1. The molecule has 0 aromatic heterocycles. The Balaban J connectivity index is 2.96. The van der Waals surface area contributed by atoms with Crippen molar-refractivity contribution in [3.8, 4) is 0 Å². The Bertz CT molecular complexity index is 561. The standard InChI is InChI=1S/C12H14ClNO5S/c1-7(2)11(12(15)16)20(19)6-8-3-4-9(14(17)18)5-10(8)13/h3-5,7,11H,6H2,1-2H3,(H,15,16). The van der Waals surface area contributed by atoms with Crippen LogP contribution >= 0.6 is 11.6 Å². The average molecular weight is 320 g/mol. The van der Waals surface area contributed by atoms with Crippen molar-refractivity contribution in [3.05, 3.63) is 38.9 Å². The van der Waals surface area contributed by atoms with Gasteiger partial charge < -0.3 is 5.11 Å². The summed E-state index contributed by atoms with van der Waals surface area (Å²) in [5, 5.41) is 18.8. The zero-order valence-corrected chi connectivity index (χ0v) is 12.5. The summed E-state index contributed by atoms with van der Waals surface area (Å²) in [4.78, 5) is 21.1. The lowest BCUT2D eigenvalue weighted by Crippen LogP contribution is -2.31. The molecule has 6 nitrogen and oxygen atoms in total. The van der Waals surface area contributed by atoms with Crippen LogP contribution in [0.1, 0.15) is 19.4 Å². The van der Waals surface area contributed by atoms with Gasteiger partial charge in [0.25, 0.3) is 5.69 Å². The van der Waals surface area contributed by atoms with Gasteiger partial charge in [-0.15, -0.1) is 0 Å². The fourth-order valence-corrected chi connectivity index (χ4v) is 3.60. The van der Waals surface area contributed by atoms with E-state index in [1.165, 1.54) is 18.2 Å². The van der Waals surface area contributed by atoms with Crippen molar-refractivity contribution in [2.24, 2.45) is 5.92 Å². The molecule has 0 amide bonds. The first-order valence-corrected chi connectivity index (χ1v) is 7.52. The number of halogens is 1. The molecule has 2 atom stereocenters. The van der Waals surface area contributed by atoms with Crippen molar-refractivity contribution in [2.75, 3.05) is 0 Å². The number of aliphatic carboxylic acids is 1. The fourth-order valence-electron chi connectivity index (χ4n) is 1.71. The van der Waals surface area contributed by atoms with Gasteiger partial charge in [0, 0.05) is 22.9 Å². The van der Waals surface area contributed by atoms with Gasteiger partial charge in [-0.05, 0) is 17.5 Å². The van der Waals surface area contributed by atoms with E-state index < -0.39 is 26.9 Å². The number of carboxylic acid groups (broad SMARTS) is 1. The Hall–Kier alpha value is -1.47. The Labute approximate surface area is 123 Å². The second-order valence-electron chi connectivity index (χ2n) is 4.56. The van der Waals surface area contributed by atoms with E-state index in [0.717, 1.165) is 0 Å². The molecule has 0 bridgehead atoms. The van der Waals surface area contributed by atoms with Crippen LogP contribution in [0.25, 0.3) is 0 Å². The molecule has 0 fully saturated rings. The molecule has 1 N–H and O–H groups in total. The van der Waals surface area contributed by atoms with Crippen LogP contribution in [0.3, 0.4) is 0 Å². The third kappa shape index (κ3) is 4.01. The Morgan fingerprint density at radius 2 is 2.10 bits per heavy atom. The SMILES string of the molecule is CC(C)C(C(=O)O)S(=O)Cc1ccc([N+](=O)[O-])cc1Cl. The molecular weight excluding hydrogens is 306 g/mol. The van der Waals surface area contributed by atoms with E-state index in [2.05, 4.69) is 0 Å². The molecule has 20 heavy (non-hydrogen) atoms. The number of rotatable bonds is 6. The van der Waals surface area contributed by atoms with E-state index in [1.807, 2.05) is 0 Å². The van der Waals surface area contributed by atoms with E-state index in [4.69, 9.17) is 16.7 Å². The number of carbonyl (C=O) groups is 1. The summed E-state index contributed by atoms with van der Waals surface area (Å²) in [6.45, 7) is 3.35. The summed E-state index contributed by atoms with van der Waals surface area (Å²) in [5.41, 5.74) is 0.269. The molecule has 0 saturated heterocycles. The smallest absolute Gasteiger partial charge is 0.319 e. The highest BCUT2D eigenvalue weighted by Crippen LogP contribution is 2.25. The van der Waals surface area contributed by atoms with Crippen LogP contribution in [0.2, 0.25) is 5.02 Å². The lowest BCUT2D eigenvalue weighted by molar-refractivity contribution is -0.384. The van der Waals surface area contributed by atoms with Gasteiger partial charge in [-0.2, -0.15) is 0 Å². The predicted molar refractivity (Wildman–Crippen MR) is 76.2 cm³/mol. The Morgan fingerprint density at radius 3 is 2.50 bits per heavy atom. The summed E-state index contributed by atoms with van der Waals surface area (Å²) in [7, 11) is -1.65. The molecule has 2 unspecified atom stereocenters. The number of hydrogen-bond acceptors (Lipinski definition) is 4. The monoisotopic (exact) mass is 319 g/mol. The minimum atomic E-state index is -1.65. The number of nitro groups is 1. The zero-order chi connectivity index (χ0) is 15.4. The van der Waals surface area contributed by atoms with Crippen molar-refractivity contribution in [1.29, 1.82) is 0 Å². The Kier molecular flexibility index (Phi) is 5.64. The Morgan fingerprint density at radius 1 is 1.50 bits per heavy atom. The molecule has 0 saturated carbocycles. The van der Waals surface area contributed by atoms with E-state index >= 15 is 0 Å². The van der Waals surface area contributed by atoms with Crippen LogP contribution in [0.4, 0.5) is 5.69 Å². The van der Waals surface area contributed by atoms with E-state index in [-0.39, 0.29) is 22.4 Å². The third-order valence-electron chi connectivity index (χ3n) is 2.68. The number of nitrogens with zero attached hydrogens (tertiary/aromatic N) is 1. The molecule has 110 valence electrons. The van der Waals surface area contributed by atoms with Crippen molar-refractivity contribution in [2.45, 2.75) is 24.9 Å². The molecular formula is C12H14ClNO5S. The number of non-ortho nitro benzene ring substituents is 1. The maximum atomic E-state index is 12.1. The highest BCUT2D eigenvalue weighted by molar-refractivity contribution is 7.85. The van der Waals surface area contributed by atoms with Crippen LogP contribution in [-0.2, 0) is 21.3 Å². The minimum Gasteiger partial charge on any atom is -0.480 e. The summed E-state index contributed by atoms with van der Waals surface area (Å²) in [5.74, 6) is -1.46. The summed E-state index contributed by atoms with van der Waals surface area (Å²) in [6, 6.07) is 3.82. The highest BCUT2D eigenvalue weighted by atomic mass is 35.5. The lowest BCUT2D eigenvalue weighted by Gasteiger charge is -2.16. The van der Waals surface area contributed by atoms with Crippen LogP contribution in [0.5, 0.6) is 0 Å². The molecule has 0 spiro atoms. The summed E-state index contributed by atoms with van der Waals surface area (Å²) < 4.78 is 12.1. The summed E-state index contributed by atoms with van der Waals surface area (Å²) in [6.07, 6.45) is 0. The van der Waals surface area contributed by atoms with Gasteiger partial charge in [0.2, 0.25) is 0 Å². The highest BCUT2D eigenvalue weighted by Gasteiger charge is 2.28. The van der Waals surface area contributed by atoms with Gasteiger partial charge in [0.05, 0.1) is 15.7 Å². The number of benzene rings is 1. The predicted octanol–water partition coefficient (Wildman–Crippen LogP) is 2.61. The molecule has 1 aromatic carbocycles. The van der Waals surface area contributed by atoms with Crippen molar-refractivity contribution in [3.63, 3.8) is 0 Å². The van der Waals surface area contributed by atoms with Gasteiger partial charge in [-0.25, -0.2) is 0 Å². The van der Waals surface area contributed by atoms with E-state index in [1.54, 1.807) is 13.8 Å². The molecule has 8 heteroatoms. The fraction of sp³-hybridized carbons (Fsp3) is 0.417. The molecule has 0 aliphatic rings. The van der Waals surface area contributed by atoms with Gasteiger partial charge in [-0.1, -0.05) is 25.4 Å². The van der Waals surface area contributed by atoms with Gasteiger partial charge in [0.1, 0.15) is 5.25 Å². The second-order valence-corrected chi connectivity index (χ2v) is 6.53. The molecule has 0 radical (unpaired) electrons. The van der Waals surface area contributed by atoms with Crippen LogP contribution < -0.4 is 0 Å². The van der Waals surface area contributed by atoms with Gasteiger partial charge in [-0.3, -0.25) is 19.1 Å². The molecule has 1 aromatic rings. The van der Waals surface area contributed by atoms with E-state index in [0.29, 0.717) is 5.56 Å². The van der Waals surface area contributed by atoms with Gasteiger partial charge >= 0.3 is 5.97 Å². The summed E-state index contributed by atoms with van der Waals surface area (Å²) >= 11 is 5.90. The largest absolute Gasteiger partial charge is 0.480 e. The number of carboxylic acids is 1. The minimum absolute atomic E-state index is 0.0496. The van der Waals surface area contributed by atoms with Crippen molar-refractivity contribution in [1.82, 2.24) is 0 Å². The topological polar surface area (TPSA) is 97.5 Å². The average Bonchev–Trinajstić information content (AvgIpc) is 2.30. The zero-order valence-electron chi connectivity index (χ0n) is 10.9. The first-order chi connectivity index (χ1) is 9.23. The molecule has 1 rings (SSSR count). The first kappa shape index (κ1) is 16.6. The van der Waals surface area contributed by atoms with Crippen LogP contribution in [0.15, 0.2) is 18.2 Å². The molecule has 0 aliphatic heterocycles. The quantitative estimate of drug-likeness (QED) is 0.642. The van der Waals surface area contributed by atoms with E-state index in [9.17, 15) is 19.1 Å². The second kappa shape index (κ2) is 6.81. The molecule has 0 heterocycles. The van der Waals surface area contributed by atoms with Crippen LogP contribution in [-0.4, -0.2) is 25.5 Å². The van der Waals surface area contributed by atoms with Crippen LogP contribution in [0, 0.1) is 16.0 Å². The third-order valence-corrected chi connectivity index (χ3v) is 4.94. The first-order valence-electron chi connectivity index (χ1n) is 5.76.